The third-order valence-corrected chi connectivity index (χ3v) is 5.03. The van der Waals surface area contributed by atoms with E-state index in [-0.39, 0.29) is 22.5 Å². The van der Waals surface area contributed by atoms with E-state index in [1.807, 2.05) is 30.3 Å². The Kier molecular flexibility index (Phi) is 4.78. The van der Waals surface area contributed by atoms with Crippen LogP contribution in [0, 0.1) is 0 Å². The average Bonchev–Trinajstić information content (AvgIpc) is 3.16. The van der Waals surface area contributed by atoms with E-state index in [1.54, 1.807) is 37.4 Å². The summed E-state index contributed by atoms with van der Waals surface area (Å²) < 4.78 is 5.24. The number of ether oxygens (including phenoxy) is 1. The van der Waals surface area contributed by atoms with Crippen LogP contribution in [-0.2, 0) is 5.41 Å². The number of aromatic hydroxyl groups is 1. The number of rotatable bonds is 4. The standard InChI is InChI=1S/C24H23N3O3/c1-24(2,3)16-13-18(22(28)15-8-7-9-17(12-15)30-4)23(29)21(14-16)27-25-19-10-5-6-11-20(19)26-27/h5-14,29H,1-4H3. The molecule has 0 aliphatic carbocycles. The van der Waals surface area contributed by atoms with Gasteiger partial charge in [-0.2, -0.15) is 0 Å². The zero-order chi connectivity index (χ0) is 21.5. The first-order valence-electron chi connectivity index (χ1n) is 9.66. The van der Waals surface area contributed by atoms with Crippen molar-refractivity contribution in [1.29, 1.82) is 0 Å². The fourth-order valence-corrected chi connectivity index (χ4v) is 3.27. The molecule has 0 fully saturated rings. The van der Waals surface area contributed by atoms with E-state index in [0.29, 0.717) is 28.0 Å². The fourth-order valence-electron chi connectivity index (χ4n) is 3.27. The maximum absolute atomic E-state index is 13.3. The SMILES string of the molecule is COc1cccc(C(=O)c2cc(C(C)(C)C)cc(-n3nc4ccccc4n3)c2O)c1. The van der Waals surface area contributed by atoms with Gasteiger partial charge in [-0.05, 0) is 47.4 Å². The summed E-state index contributed by atoms with van der Waals surface area (Å²) >= 11 is 0. The largest absolute Gasteiger partial charge is 0.505 e. The maximum atomic E-state index is 13.3. The number of aromatic nitrogens is 3. The molecule has 0 radical (unpaired) electrons. The van der Waals surface area contributed by atoms with Crippen LogP contribution in [0.2, 0.25) is 0 Å². The van der Waals surface area contributed by atoms with Crippen LogP contribution in [0.4, 0.5) is 0 Å². The van der Waals surface area contributed by atoms with Crippen LogP contribution < -0.4 is 4.74 Å². The molecule has 3 aromatic carbocycles. The number of hydrogen-bond acceptors (Lipinski definition) is 5. The summed E-state index contributed by atoms with van der Waals surface area (Å²) in [6, 6.07) is 17.9. The molecule has 0 atom stereocenters. The minimum absolute atomic E-state index is 0.156. The molecule has 1 heterocycles. The van der Waals surface area contributed by atoms with Crippen LogP contribution in [-0.4, -0.2) is 33.0 Å². The van der Waals surface area contributed by atoms with Gasteiger partial charge in [-0.25, -0.2) is 0 Å². The van der Waals surface area contributed by atoms with Crippen LogP contribution >= 0.6 is 0 Å². The van der Waals surface area contributed by atoms with Crippen molar-refractivity contribution in [1.82, 2.24) is 15.0 Å². The Labute approximate surface area is 174 Å². The summed E-state index contributed by atoms with van der Waals surface area (Å²) in [7, 11) is 1.55. The molecule has 6 heteroatoms. The second kappa shape index (κ2) is 7.30. The van der Waals surface area contributed by atoms with Gasteiger partial charge in [0.15, 0.2) is 11.5 Å². The summed E-state index contributed by atoms with van der Waals surface area (Å²) in [6.07, 6.45) is 0. The molecular weight excluding hydrogens is 378 g/mol. The first-order valence-corrected chi connectivity index (χ1v) is 9.66. The van der Waals surface area contributed by atoms with E-state index < -0.39 is 0 Å². The van der Waals surface area contributed by atoms with Gasteiger partial charge in [0, 0.05) is 5.56 Å². The van der Waals surface area contributed by atoms with Gasteiger partial charge in [0.2, 0.25) is 0 Å². The van der Waals surface area contributed by atoms with E-state index >= 15 is 0 Å². The summed E-state index contributed by atoms with van der Waals surface area (Å²) in [4.78, 5) is 14.7. The topological polar surface area (TPSA) is 77.2 Å². The Morgan fingerprint density at radius 2 is 1.63 bits per heavy atom. The number of fused-ring (bicyclic) bond motifs is 1. The van der Waals surface area contributed by atoms with Crippen LogP contribution in [0.5, 0.6) is 11.5 Å². The Bertz CT molecular complexity index is 1220. The quantitative estimate of drug-likeness (QED) is 0.503. The molecule has 152 valence electrons. The highest BCUT2D eigenvalue weighted by Crippen LogP contribution is 2.34. The third kappa shape index (κ3) is 3.52. The normalized spacial score (nSPS) is 11.6. The van der Waals surface area contributed by atoms with Gasteiger partial charge in [0.25, 0.3) is 0 Å². The highest BCUT2D eigenvalue weighted by Gasteiger charge is 2.24. The molecule has 0 unspecified atom stereocenters. The molecular formula is C24H23N3O3. The minimum atomic E-state index is -0.296. The first kappa shape index (κ1) is 19.6. The molecule has 4 aromatic rings. The highest BCUT2D eigenvalue weighted by molar-refractivity contribution is 6.11. The number of phenols is 1. The van der Waals surface area contributed by atoms with Crippen molar-refractivity contribution in [3.63, 3.8) is 0 Å². The first-order chi connectivity index (χ1) is 14.3. The number of methoxy groups -OCH3 is 1. The van der Waals surface area contributed by atoms with Gasteiger partial charge in [0.1, 0.15) is 22.5 Å². The number of carbonyl (C=O) groups is 1. The van der Waals surface area contributed by atoms with Crippen molar-refractivity contribution in [2.45, 2.75) is 26.2 Å². The van der Waals surface area contributed by atoms with Crippen molar-refractivity contribution in [2.24, 2.45) is 0 Å². The second-order valence-electron chi connectivity index (χ2n) is 8.18. The molecule has 0 aliphatic rings. The summed E-state index contributed by atoms with van der Waals surface area (Å²) in [5, 5.41) is 20.0. The van der Waals surface area contributed by atoms with E-state index in [4.69, 9.17) is 4.74 Å². The predicted octanol–water partition coefficient (Wildman–Crippen LogP) is 4.66. The lowest BCUT2D eigenvalue weighted by atomic mass is 9.84. The number of ketones is 1. The van der Waals surface area contributed by atoms with Gasteiger partial charge in [-0.3, -0.25) is 4.79 Å². The van der Waals surface area contributed by atoms with Crippen LogP contribution in [0.1, 0.15) is 42.3 Å². The van der Waals surface area contributed by atoms with Gasteiger partial charge in [-0.1, -0.05) is 45.0 Å². The van der Waals surface area contributed by atoms with Gasteiger partial charge < -0.3 is 9.84 Å². The Hall–Kier alpha value is -3.67. The molecule has 6 nitrogen and oxygen atoms in total. The summed E-state index contributed by atoms with van der Waals surface area (Å²) in [6.45, 7) is 6.15. The Balaban J connectivity index is 1.92. The van der Waals surface area contributed by atoms with Crippen molar-refractivity contribution in [3.8, 4) is 17.2 Å². The molecule has 1 aromatic heterocycles. The van der Waals surface area contributed by atoms with Crippen LogP contribution in [0.25, 0.3) is 16.7 Å². The maximum Gasteiger partial charge on any atom is 0.196 e. The van der Waals surface area contributed by atoms with Crippen molar-refractivity contribution < 1.29 is 14.6 Å². The minimum Gasteiger partial charge on any atom is -0.505 e. The van der Waals surface area contributed by atoms with Crippen molar-refractivity contribution in [3.05, 3.63) is 77.4 Å². The molecule has 30 heavy (non-hydrogen) atoms. The van der Waals surface area contributed by atoms with E-state index in [9.17, 15) is 9.90 Å². The molecule has 0 spiro atoms. The number of carbonyl (C=O) groups excluding carboxylic acids is 1. The number of phenolic OH excluding ortho intramolecular Hbond substituents is 1. The second-order valence-corrected chi connectivity index (χ2v) is 8.18. The predicted molar refractivity (Wildman–Crippen MR) is 116 cm³/mol. The van der Waals surface area contributed by atoms with Crippen molar-refractivity contribution in [2.75, 3.05) is 7.11 Å². The lowest BCUT2D eigenvalue weighted by molar-refractivity contribution is 0.103. The van der Waals surface area contributed by atoms with Gasteiger partial charge in [0.05, 0.1) is 12.7 Å². The molecule has 0 aliphatic heterocycles. The fraction of sp³-hybridized carbons (Fsp3) is 0.208. The van der Waals surface area contributed by atoms with E-state index in [1.165, 1.54) is 4.80 Å². The summed E-state index contributed by atoms with van der Waals surface area (Å²) in [5.74, 6) is 0.124. The van der Waals surface area contributed by atoms with E-state index in [2.05, 4.69) is 31.0 Å². The third-order valence-electron chi connectivity index (χ3n) is 5.03. The molecule has 0 saturated carbocycles. The Morgan fingerprint density at radius 3 is 2.23 bits per heavy atom. The number of hydrogen-bond donors (Lipinski definition) is 1. The lowest BCUT2D eigenvalue weighted by Crippen LogP contribution is -2.15. The number of benzene rings is 3. The van der Waals surface area contributed by atoms with Crippen LogP contribution in [0.15, 0.2) is 60.7 Å². The monoisotopic (exact) mass is 401 g/mol. The Morgan fingerprint density at radius 1 is 0.967 bits per heavy atom. The smallest absolute Gasteiger partial charge is 0.196 e. The zero-order valence-corrected chi connectivity index (χ0v) is 17.4. The van der Waals surface area contributed by atoms with Gasteiger partial charge in [-0.15, -0.1) is 15.0 Å². The number of nitrogens with zero attached hydrogens (tertiary/aromatic N) is 3. The summed E-state index contributed by atoms with van der Waals surface area (Å²) in [5.41, 5.74) is 3.05. The molecule has 0 amide bonds. The zero-order valence-electron chi connectivity index (χ0n) is 17.4. The van der Waals surface area contributed by atoms with Crippen molar-refractivity contribution >= 4 is 16.8 Å². The lowest BCUT2D eigenvalue weighted by Gasteiger charge is -2.22. The highest BCUT2D eigenvalue weighted by atomic mass is 16.5. The van der Waals surface area contributed by atoms with E-state index in [0.717, 1.165) is 5.56 Å². The molecule has 0 bridgehead atoms. The molecule has 0 saturated heterocycles. The molecule has 1 N–H and O–H groups in total. The van der Waals surface area contributed by atoms with Crippen LogP contribution in [0.3, 0.4) is 0 Å². The molecule has 4 rings (SSSR count). The van der Waals surface area contributed by atoms with Gasteiger partial charge >= 0.3 is 0 Å². The average molecular weight is 401 g/mol.